The maximum atomic E-state index is 11.9. The lowest BCUT2D eigenvalue weighted by Gasteiger charge is -2.27. The van der Waals surface area contributed by atoms with Crippen molar-refractivity contribution in [1.29, 1.82) is 0 Å². The van der Waals surface area contributed by atoms with E-state index in [1.165, 1.54) is 19.3 Å². The van der Waals surface area contributed by atoms with Gasteiger partial charge in [0, 0.05) is 34.1 Å². The van der Waals surface area contributed by atoms with Crippen LogP contribution in [0.2, 0.25) is 0 Å². The summed E-state index contributed by atoms with van der Waals surface area (Å²) in [4.78, 5) is 23.7. The molecule has 0 atom stereocenters. The lowest BCUT2D eigenvalue weighted by molar-refractivity contribution is -0.120. The van der Waals surface area contributed by atoms with Crippen LogP contribution in [0.3, 0.4) is 0 Å². The summed E-state index contributed by atoms with van der Waals surface area (Å²) in [5.74, 6) is 0.816. The predicted molar refractivity (Wildman–Crippen MR) is 115 cm³/mol. The SMILES string of the molecule is N/C(=N\OCC(=O)Nc1cccc(I)c1)c1ccnc(N2CCCCC2)c1. The Kier molecular flexibility index (Phi) is 6.86. The van der Waals surface area contributed by atoms with E-state index in [0.717, 1.165) is 28.0 Å². The lowest BCUT2D eigenvalue weighted by atomic mass is 10.1. The predicted octanol–water partition coefficient (Wildman–Crippen LogP) is 2.95. The molecule has 2 heterocycles. The molecule has 0 spiro atoms. The number of aromatic nitrogens is 1. The van der Waals surface area contributed by atoms with Gasteiger partial charge in [-0.05, 0) is 72.2 Å². The summed E-state index contributed by atoms with van der Waals surface area (Å²) < 4.78 is 1.04. The standard InChI is InChI=1S/C19H22IN5O2/c20-15-5-4-6-16(12-15)23-18(26)13-27-24-19(21)14-7-8-22-17(11-14)25-9-2-1-3-10-25/h4-8,11-12H,1-3,9-10,13H2,(H2,21,24)(H,23,26). The number of nitrogens with one attached hydrogen (secondary N) is 1. The molecule has 1 amide bonds. The molecule has 1 aliphatic rings. The van der Waals surface area contributed by atoms with Crippen LogP contribution in [0.25, 0.3) is 0 Å². The van der Waals surface area contributed by atoms with E-state index in [0.29, 0.717) is 5.69 Å². The van der Waals surface area contributed by atoms with Crippen molar-refractivity contribution in [2.45, 2.75) is 19.3 Å². The molecule has 1 aliphatic heterocycles. The molecule has 1 fully saturated rings. The third kappa shape index (κ3) is 5.81. The van der Waals surface area contributed by atoms with Crippen LogP contribution in [0.4, 0.5) is 11.5 Å². The Morgan fingerprint density at radius 1 is 1.26 bits per heavy atom. The molecule has 2 aromatic rings. The molecule has 27 heavy (non-hydrogen) atoms. The third-order valence-corrected chi connectivity index (χ3v) is 4.86. The zero-order valence-electron chi connectivity index (χ0n) is 14.9. The summed E-state index contributed by atoms with van der Waals surface area (Å²) >= 11 is 2.19. The number of benzene rings is 1. The van der Waals surface area contributed by atoms with E-state index >= 15 is 0 Å². The van der Waals surface area contributed by atoms with Gasteiger partial charge in [0.1, 0.15) is 5.82 Å². The Morgan fingerprint density at radius 3 is 2.85 bits per heavy atom. The van der Waals surface area contributed by atoms with E-state index in [-0.39, 0.29) is 18.3 Å². The van der Waals surface area contributed by atoms with Crippen molar-refractivity contribution in [3.63, 3.8) is 0 Å². The van der Waals surface area contributed by atoms with Gasteiger partial charge >= 0.3 is 0 Å². The molecule has 7 nitrogen and oxygen atoms in total. The fourth-order valence-corrected chi connectivity index (χ4v) is 3.39. The van der Waals surface area contributed by atoms with Gasteiger partial charge in [0.2, 0.25) is 0 Å². The van der Waals surface area contributed by atoms with Crippen molar-refractivity contribution in [3.8, 4) is 0 Å². The number of carbonyl (C=O) groups excluding carboxylic acids is 1. The number of carbonyl (C=O) groups is 1. The van der Waals surface area contributed by atoms with E-state index in [4.69, 9.17) is 10.6 Å². The fourth-order valence-electron chi connectivity index (χ4n) is 2.85. The average Bonchev–Trinajstić information content (AvgIpc) is 2.68. The number of piperidine rings is 1. The Morgan fingerprint density at radius 2 is 2.07 bits per heavy atom. The summed E-state index contributed by atoms with van der Waals surface area (Å²) in [6, 6.07) is 11.2. The molecule has 3 rings (SSSR count). The first kappa shape index (κ1) is 19.4. The van der Waals surface area contributed by atoms with E-state index in [9.17, 15) is 4.79 Å². The lowest BCUT2D eigenvalue weighted by Crippen LogP contribution is -2.30. The minimum Gasteiger partial charge on any atom is -0.384 e. The van der Waals surface area contributed by atoms with Crippen molar-refractivity contribution >= 4 is 45.8 Å². The van der Waals surface area contributed by atoms with E-state index in [1.807, 2.05) is 30.3 Å². The van der Waals surface area contributed by atoms with E-state index in [2.05, 4.69) is 42.9 Å². The van der Waals surface area contributed by atoms with Crippen LogP contribution in [0.5, 0.6) is 0 Å². The van der Waals surface area contributed by atoms with Crippen LogP contribution < -0.4 is 16.0 Å². The second-order valence-corrected chi connectivity index (χ2v) is 7.50. The molecular formula is C19H22IN5O2. The summed E-state index contributed by atoms with van der Waals surface area (Å²) in [5.41, 5.74) is 7.44. The fraction of sp³-hybridized carbons (Fsp3) is 0.316. The number of rotatable bonds is 6. The number of halogens is 1. The summed E-state index contributed by atoms with van der Waals surface area (Å²) in [6.45, 7) is 1.79. The summed E-state index contributed by atoms with van der Waals surface area (Å²) in [5, 5.41) is 6.62. The molecule has 0 unspecified atom stereocenters. The number of hydrogen-bond acceptors (Lipinski definition) is 5. The van der Waals surface area contributed by atoms with Crippen LogP contribution >= 0.6 is 22.6 Å². The molecule has 8 heteroatoms. The van der Waals surface area contributed by atoms with Crippen molar-refractivity contribution in [1.82, 2.24) is 4.98 Å². The highest BCUT2D eigenvalue weighted by molar-refractivity contribution is 14.1. The van der Waals surface area contributed by atoms with Gasteiger partial charge in [0.15, 0.2) is 12.4 Å². The molecule has 3 N–H and O–H groups in total. The smallest absolute Gasteiger partial charge is 0.265 e. The van der Waals surface area contributed by atoms with Crippen LogP contribution in [0.15, 0.2) is 47.8 Å². The maximum Gasteiger partial charge on any atom is 0.265 e. The van der Waals surface area contributed by atoms with Gasteiger partial charge in [-0.3, -0.25) is 4.79 Å². The number of hydrogen-bond donors (Lipinski definition) is 2. The quantitative estimate of drug-likeness (QED) is 0.288. The van der Waals surface area contributed by atoms with Gasteiger partial charge in [-0.25, -0.2) is 4.98 Å². The molecule has 1 aromatic carbocycles. The second-order valence-electron chi connectivity index (χ2n) is 6.26. The number of amidine groups is 1. The number of oxime groups is 1. The Bertz CT molecular complexity index is 821. The Labute approximate surface area is 172 Å². The number of nitrogens with two attached hydrogens (primary N) is 1. The molecule has 0 bridgehead atoms. The number of nitrogens with zero attached hydrogens (tertiary/aromatic N) is 3. The first-order valence-corrected chi connectivity index (χ1v) is 9.92. The van der Waals surface area contributed by atoms with Gasteiger partial charge in [-0.2, -0.15) is 0 Å². The summed E-state index contributed by atoms with van der Waals surface area (Å²) in [6.07, 6.45) is 5.32. The maximum absolute atomic E-state index is 11.9. The van der Waals surface area contributed by atoms with Crippen LogP contribution in [0.1, 0.15) is 24.8 Å². The first-order valence-electron chi connectivity index (χ1n) is 8.84. The van der Waals surface area contributed by atoms with Gasteiger partial charge in [0.05, 0.1) is 0 Å². The van der Waals surface area contributed by atoms with Gasteiger partial charge < -0.3 is 20.8 Å². The highest BCUT2D eigenvalue weighted by Gasteiger charge is 2.13. The molecule has 1 aromatic heterocycles. The minimum absolute atomic E-state index is 0.212. The van der Waals surface area contributed by atoms with Crippen molar-refractivity contribution in [2.24, 2.45) is 10.9 Å². The topological polar surface area (TPSA) is 92.8 Å². The highest BCUT2D eigenvalue weighted by Crippen LogP contribution is 2.18. The third-order valence-electron chi connectivity index (χ3n) is 4.19. The molecular weight excluding hydrogens is 457 g/mol. The second kappa shape index (κ2) is 9.54. The molecule has 1 saturated heterocycles. The Hall–Kier alpha value is -2.36. The van der Waals surface area contributed by atoms with Crippen molar-refractivity contribution < 1.29 is 9.63 Å². The minimum atomic E-state index is -0.294. The average molecular weight is 479 g/mol. The highest BCUT2D eigenvalue weighted by atomic mass is 127. The van der Waals surface area contributed by atoms with Crippen LogP contribution in [-0.2, 0) is 9.63 Å². The van der Waals surface area contributed by atoms with Gasteiger partial charge in [-0.1, -0.05) is 11.2 Å². The molecule has 0 radical (unpaired) electrons. The monoisotopic (exact) mass is 479 g/mol. The zero-order valence-corrected chi connectivity index (χ0v) is 17.1. The number of pyridine rings is 1. The van der Waals surface area contributed by atoms with Gasteiger partial charge in [-0.15, -0.1) is 0 Å². The summed E-state index contributed by atoms with van der Waals surface area (Å²) in [7, 11) is 0. The normalized spacial score (nSPS) is 14.7. The number of anilines is 2. The Balaban J connectivity index is 1.55. The van der Waals surface area contributed by atoms with Gasteiger partial charge in [0.25, 0.3) is 5.91 Å². The van der Waals surface area contributed by atoms with E-state index < -0.39 is 0 Å². The van der Waals surface area contributed by atoms with E-state index in [1.54, 1.807) is 12.3 Å². The molecule has 0 saturated carbocycles. The van der Waals surface area contributed by atoms with Crippen LogP contribution in [0, 0.1) is 3.57 Å². The first-order chi connectivity index (χ1) is 13.1. The molecule has 142 valence electrons. The zero-order chi connectivity index (χ0) is 19.1. The largest absolute Gasteiger partial charge is 0.384 e. The number of amides is 1. The van der Waals surface area contributed by atoms with Crippen LogP contribution in [-0.4, -0.2) is 36.4 Å². The van der Waals surface area contributed by atoms with Crippen molar-refractivity contribution in [2.75, 3.05) is 29.9 Å². The molecule has 0 aliphatic carbocycles. The van der Waals surface area contributed by atoms with Crippen molar-refractivity contribution in [3.05, 3.63) is 51.7 Å².